The van der Waals surface area contributed by atoms with Gasteiger partial charge in [0.2, 0.25) is 0 Å². The maximum atomic E-state index is 13.2. The number of ether oxygens (including phenoxy) is 1. The summed E-state index contributed by atoms with van der Waals surface area (Å²) in [7, 11) is 0. The van der Waals surface area contributed by atoms with Gasteiger partial charge in [0.25, 0.3) is 5.91 Å². The lowest BCUT2D eigenvalue weighted by Gasteiger charge is -2.46. The van der Waals surface area contributed by atoms with Gasteiger partial charge in [-0.05, 0) is 86.0 Å². The number of rotatable bonds is 6. The average Bonchev–Trinajstić information content (AvgIpc) is 2.83. The number of amides is 1. The number of carbonyl (C=O) groups excluding carboxylic acids is 1. The highest BCUT2D eigenvalue weighted by atomic mass is 35.5. The van der Waals surface area contributed by atoms with E-state index in [1.807, 2.05) is 36.4 Å². The molecule has 6 heteroatoms. The van der Waals surface area contributed by atoms with Crippen molar-refractivity contribution in [3.05, 3.63) is 70.5 Å². The third-order valence-electron chi connectivity index (χ3n) is 7.43. The Balaban J connectivity index is 1.31. The molecule has 2 atom stereocenters. The van der Waals surface area contributed by atoms with Crippen molar-refractivity contribution in [2.45, 2.75) is 63.6 Å². The van der Waals surface area contributed by atoms with E-state index < -0.39 is 5.60 Å². The molecule has 178 valence electrons. The van der Waals surface area contributed by atoms with Crippen molar-refractivity contribution in [3.8, 4) is 0 Å². The number of likely N-dealkylation sites (tertiary alicyclic amines) is 1. The Hall–Kier alpha value is -1.95. The molecule has 2 aliphatic heterocycles. The van der Waals surface area contributed by atoms with Gasteiger partial charge in [0.15, 0.2) is 0 Å². The molecule has 0 spiro atoms. The van der Waals surface area contributed by atoms with Crippen LogP contribution in [0.1, 0.15) is 56.6 Å². The first-order valence-electron chi connectivity index (χ1n) is 12.0. The van der Waals surface area contributed by atoms with Crippen LogP contribution >= 0.6 is 11.6 Å². The van der Waals surface area contributed by atoms with E-state index in [0.29, 0.717) is 36.6 Å². The van der Waals surface area contributed by atoms with Gasteiger partial charge in [0.1, 0.15) is 11.4 Å². The monoisotopic (exact) mass is 472 g/mol. The summed E-state index contributed by atoms with van der Waals surface area (Å²) in [6, 6.07) is 14.8. The highest BCUT2D eigenvalue weighted by Crippen LogP contribution is 2.36. The topological polar surface area (TPSA) is 41.6 Å². The van der Waals surface area contributed by atoms with E-state index in [1.165, 1.54) is 5.56 Å². The smallest absolute Gasteiger partial charge is 0.252 e. The number of benzene rings is 2. The Bertz CT molecular complexity index is 933. The van der Waals surface area contributed by atoms with E-state index in [1.54, 1.807) is 12.1 Å². The molecule has 0 aliphatic carbocycles. The normalized spacial score (nSPS) is 24.7. The molecule has 0 saturated carbocycles. The van der Waals surface area contributed by atoms with Crippen LogP contribution in [0.5, 0.6) is 0 Å². The standard InChI is InChI=1S/C27H34ClFN2O2/c1-19(2)27(26(32)30-17-20-4-3-5-23(28)16-20)13-10-25(18-33-27)31-14-11-22(12-15-31)21-6-8-24(29)9-7-21/h3-9,16,19,22,25H,10-15,17-18H2,1-2H3,(H,30,32)/t25-,27?/m1/s1. The first-order chi connectivity index (χ1) is 15.9. The quantitative estimate of drug-likeness (QED) is 0.599. The van der Waals surface area contributed by atoms with Crippen molar-refractivity contribution in [1.29, 1.82) is 0 Å². The molecule has 1 N–H and O–H groups in total. The molecule has 0 aromatic heterocycles. The van der Waals surface area contributed by atoms with Crippen molar-refractivity contribution < 1.29 is 13.9 Å². The maximum Gasteiger partial charge on any atom is 0.252 e. The van der Waals surface area contributed by atoms with E-state index in [2.05, 4.69) is 24.1 Å². The second kappa shape index (κ2) is 10.5. The first kappa shape index (κ1) is 24.2. The summed E-state index contributed by atoms with van der Waals surface area (Å²) in [5.74, 6) is 0.354. The van der Waals surface area contributed by atoms with Crippen LogP contribution in [0.15, 0.2) is 48.5 Å². The van der Waals surface area contributed by atoms with Gasteiger partial charge in [-0.1, -0.05) is 49.7 Å². The lowest BCUT2D eigenvalue weighted by molar-refractivity contribution is -0.170. The molecule has 33 heavy (non-hydrogen) atoms. The summed E-state index contributed by atoms with van der Waals surface area (Å²) in [5, 5.41) is 3.74. The Morgan fingerprint density at radius 1 is 1.18 bits per heavy atom. The van der Waals surface area contributed by atoms with E-state index in [-0.39, 0.29) is 17.6 Å². The van der Waals surface area contributed by atoms with E-state index in [0.717, 1.165) is 37.9 Å². The van der Waals surface area contributed by atoms with Gasteiger partial charge < -0.3 is 10.1 Å². The van der Waals surface area contributed by atoms with Crippen LogP contribution in [-0.4, -0.2) is 42.1 Å². The van der Waals surface area contributed by atoms with Crippen LogP contribution in [0.25, 0.3) is 0 Å². The minimum atomic E-state index is -0.790. The molecular weight excluding hydrogens is 439 g/mol. The molecule has 4 nitrogen and oxygen atoms in total. The Kier molecular flexibility index (Phi) is 7.72. The molecular formula is C27H34ClFN2O2. The molecule has 2 saturated heterocycles. The van der Waals surface area contributed by atoms with Gasteiger partial charge in [-0.25, -0.2) is 4.39 Å². The molecule has 2 aliphatic rings. The maximum absolute atomic E-state index is 13.2. The van der Waals surface area contributed by atoms with Crippen molar-refractivity contribution >= 4 is 17.5 Å². The van der Waals surface area contributed by atoms with Gasteiger partial charge in [-0.2, -0.15) is 0 Å². The first-order valence-corrected chi connectivity index (χ1v) is 12.4. The zero-order chi connectivity index (χ0) is 23.4. The van der Waals surface area contributed by atoms with Crippen LogP contribution in [0.4, 0.5) is 4.39 Å². The van der Waals surface area contributed by atoms with Gasteiger partial charge in [0, 0.05) is 17.6 Å². The predicted molar refractivity (Wildman–Crippen MR) is 130 cm³/mol. The summed E-state index contributed by atoms with van der Waals surface area (Å²) >= 11 is 6.07. The van der Waals surface area contributed by atoms with E-state index in [4.69, 9.17) is 16.3 Å². The third-order valence-corrected chi connectivity index (χ3v) is 7.66. The highest BCUT2D eigenvalue weighted by Gasteiger charge is 2.46. The molecule has 2 aromatic carbocycles. The Morgan fingerprint density at radius 2 is 1.91 bits per heavy atom. The van der Waals surface area contributed by atoms with Gasteiger partial charge >= 0.3 is 0 Å². The zero-order valence-electron chi connectivity index (χ0n) is 19.5. The van der Waals surface area contributed by atoms with Gasteiger partial charge in [-0.3, -0.25) is 9.69 Å². The summed E-state index contributed by atoms with van der Waals surface area (Å²) in [5.41, 5.74) is 1.42. The molecule has 2 fully saturated rings. The largest absolute Gasteiger partial charge is 0.363 e. The summed E-state index contributed by atoms with van der Waals surface area (Å²) in [6.45, 7) is 7.15. The Morgan fingerprint density at radius 3 is 2.52 bits per heavy atom. The molecule has 4 rings (SSSR count). The summed E-state index contributed by atoms with van der Waals surface area (Å²) in [6.07, 6.45) is 3.80. The van der Waals surface area contributed by atoms with Gasteiger partial charge in [0.05, 0.1) is 6.61 Å². The fourth-order valence-electron chi connectivity index (χ4n) is 5.28. The highest BCUT2D eigenvalue weighted by molar-refractivity contribution is 6.30. The number of piperidine rings is 1. The minimum absolute atomic E-state index is 0.0362. The van der Waals surface area contributed by atoms with Crippen LogP contribution in [0.2, 0.25) is 5.02 Å². The van der Waals surface area contributed by atoms with Crippen LogP contribution in [0.3, 0.4) is 0 Å². The van der Waals surface area contributed by atoms with Crippen LogP contribution < -0.4 is 5.32 Å². The molecule has 1 unspecified atom stereocenters. The predicted octanol–water partition coefficient (Wildman–Crippen LogP) is 5.55. The number of carbonyl (C=O) groups is 1. The third kappa shape index (κ3) is 5.59. The zero-order valence-corrected chi connectivity index (χ0v) is 20.3. The number of hydrogen-bond acceptors (Lipinski definition) is 3. The summed E-state index contributed by atoms with van der Waals surface area (Å²) in [4.78, 5) is 15.7. The fourth-order valence-corrected chi connectivity index (χ4v) is 5.49. The van der Waals surface area contributed by atoms with Crippen molar-refractivity contribution in [3.63, 3.8) is 0 Å². The van der Waals surface area contributed by atoms with E-state index >= 15 is 0 Å². The molecule has 2 heterocycles. The number of halogens is 2. The summed E-state index contributed by atoms with van der Waals surface area (Å²) < 4.78 is 19.6. The van der Waals surface area contributed by atoms with Crippen molar-refractivity contribution in [1.82, 2.24) is 10.2 Å². The second-order valence-electron chi connectivity index (χ2n) is 9.72. The minimum Gasteiger partial charge on any atom is -0.363 e. The van der Waals surface area contributed by atoms with Crippen molar-refractivity contribution in [2.24, 2.45) is 5.92 Å². The van der Waals surface area contributed by atoms with E-state index in [9.17, 15) is 9.18 Å². The molecule has 0 bridgehead atoms. The number of hydrogen-bond donors (Lipinski definition) is 1. The molecule has 1 amide bonds. The molecule has 0 radical (unpaired) electrons. The van der Waals surface area contributed by atoms with Gasteiger partial charge in [-0.15, -0.1) is 0 Å². The fraction of sp³-hybridized carbons (Fsp3) is 0.519. The lowest BCUT2D eigenvalue weighted by atomic mass is 9.80. The number of nitrogens with one attached hydrogen (secondary N) is 1. The van der Waals surface area contributed by atoms with Crippen molar-refractivity contribution in [2.75, 3.05) is 19.7 Å². The lowest BCUT2D eigenvalue weighted by Crippen LogP contribution is -2.58. The second-order valence-corrected chi connectivity index (χ2v) is 10.2. The van der Waals surface area contributed by atoms with Crippen LogP contribution in [-0.2, 0) is 16.1 Å². The Labute approximate surface area is 201 Å². The molecule has 2 aromatic rings. The average molecular weight is 473 g/mol. The SMILES string of the molecule is CC(C)C1(C(=O)NCc2cccc(Cl)c2)CC[C@@H](N2CCC(c3ccc(F)cc3)CC2)CO1. The van der Waals surface area contributed by atoms with Crippen LogP contribution in [0, 0.1) is 11.7 Å². The number of nitrogens with zero attached hydrogens (tertiary/aromatic N) is 1.